The maximum absolute atomic E-state index is 12.8. The molecule has 30 heavy (non-hydrogen) atoms. The average Bonchev–Trinajstić information content (AvgIpc) is 3.28. The van der Waals surface area contributed by atoms with E-state index >= 15 is 0 Å². The first-order valence-corrected chi connectivity index (χ1v) is 12.2. The van der Waals surface area contributed by atoms with Gasteiger partial charge in [0.05, 0.1) is 6.04 Å². The second-order valence-electron chi connectivity index (χ2n) is 10.5. The zero-order valence-corrected chi connectivity index (χ0v) is 18.4. The van der Waals surface area contributed by atoms with Crippen molar-refractivity contribution in [2.45, 2.75) is 37.6 Å². The van der Waals surface area contributed by atoms with Gasteiger partial charge in [-0.25, -0.2) is 14.5 Å². The van der Waals surface area contributed by atoms with Crippen LogP contribution < -0.4 is 0 Å². The molecule has 2 spiro atoms. The van der Waals surface area contributed by atoms with Crippen molar-refractivity contribution in [3.05, 3.63) is 12.2 Å². The third-order valence-electron chi connectivity index (χ3n) is 7.64. The van der Waals surface area contributed by atoms with Crippen LogP contribution >= 0.6 is 0 Å². The van der Waals surface area contributed by atoms with Crippen LogP contribution in [0.15, 0.2) is 6.33 Å². The number of carbonyl (C=O) groups excluding carboxylic acids is 1. The number of aromatic nitrogens is 3. The first kappa shape index (κ1) is 19.0. The van der Waals surface area contributed by atoms with Gasteiger partial charge in [0.2, 0.25) is 0 Å². The standard InChI is InChI=1S/C19H29N7O3S/c1-22(2)30(28,29)25-11-19(12-25)9-24(10-19)17(27)23-7-18(8-23)5-15(6-18)26-13-20-16(21-26)14-3-4-14/h13-15H,3-12H2,1-2H3. The summed E-state index contributed by atoms with van der Waals surface area (Å²) in [4.78, 5) is 21.1. The lowest BCUT2D eigenvalue weighted by Crippen LogP contribution is -2.76. The molecule has 1 aromatic heterocycles. The number of carbonyl (C=O) groups is 1. The smallest absolute Gasteiger partial charge is 0.320 e. The van der Waals surface area contributed by atoms with Crippen LogP contribution in [0.4, 0.5) is 4.79 Å². The molecule has 3 saturated heterocycles. The summed E-state index contributed by atoms with van der Waals surface area (Å²) in [6, 6.07) is 0.537. The minimum Gasteiger partial charge on any atom is -0.323 e. The molecule has 1 aromatic rings. The van der Waals surface area contributed by atoms with Crippen LogP contribution in [-0.2, 0) is 10.2 Å². The lowest BCUT2D eigenvalue weighted by Gasteiger charge is -2.63. The molecular formula is C19H29N7O3S. The number of urea groups is 1. The summed E-state index contributed by atoms with van der Waals surface area (Å²) in [5, 5.41) is 4.66. The zero-order valence-electron chi connectivity index (χ0n) is 17.6. The molecule has 11 heteroatoms. The third kappa shape index (κ3) is 2.74. The van der Waals surface area contributed by atoms with E-state index in [-0.39, 0.29) is 16.9 Å². The maximum atomic E-state index is 12.8. The largest absolute Gasteiger partial charge is 0.323 e. The Kier molecular flexibility index (Phi) is 3.77. The van der Waals surface area contributed by atoms with Crippen molar-refractivity contribution in [2.75, 3.05) is 53.4 Å². The molecular weight excluding hydrogens is 406 g/mol. The highest BCUT2D eigenvalue weighted by molar-refractivity contribution is 7.86. The first-order valence-electron chi connectivity index (χ1n) is 10.8. The second kappa shape index (κ2) is 5.95. The normalized spacial score (nSPS) is 27.7. The minimum absolute atomic E-state index is 0.0325. The van der Waals surface area contributed by atoms with E-state index in [9.17, 15) is 13.2 Å². The van der Waals surface area contributed by atoms with Crippen molar-refractivity contribution >= 4 is 16.2 Å². The van der Waals surface area contributed by atoms with E-state index in [1.165, 1.54) is 21.5 Å². The molecule has 3 aliphatic heterocycles. The summed E-state index contributed by atoms with van der Waals surface area (Å²) in [5.74, 6) is 1.59. The molecule has 2 aliphatic carbocycles. The Labute approximate surface area is 177 Å². The van der Waals surface area contributed by atoms with Gasteiger partial charge in [0.25, 0.3) is 10.2 Å². The average molecular weight is 436 g/mol. The Morgan fingerprint density at radius 1 is 1.03 bits per heavy atom. The van der Waals surface area contributed by atoms with Gasteiger partial charge in [0, 0.05) is 70.1 Å². The summed E-state index contributed by atoms with van der Waals surface area (Å²) >= 11 is 0. The molecule has 2 saturated carbocycles. The molecule has 0 N–H and O–H groups in total. The third-order valence-corrected chi connectivity index (χ3v) is 9.47. The van der Waals surface area contributed by atoms with E-state index in [1.54, 1.807) is 14.1 Å². The monoisotopic (exact) mass is 435 g/mol. The van der Waals surface area contributed by atoms with Gasteiger partial charge in [0.15, 0.2) is 5.82 Å². The molecule has 4 heterocycles. The fourth-order valence-corrected chi connectivity index (χ4v) is 7.01. The van der Waals surface area contributed by atoms with Crippen LogP contribution in [0.1, 0.15) is 43.5 Å². The molecule has 10 nitrogen and oxygen atoms in total. The van der Waals surface area contributed by atoms with Crippen LogP contribution in [0.5, 0.6) is 0 Å². The van der Waals surface area contributed by atoms with E-state index in [4.69, 9.17) is 0 Å². The Bertz CT molecular complexity index is 974. The molecule has 0 unspecified atom stereocenters. The van der Waals surface area contributed by atoms with Crippen molar-refractivity contribution < 1.29 is 13.2 Å². The van der Waals surface area contributed by atoms with E-state index in [2.05, 4.69) is 10.1 Å². The van der Waals surface area contributed by atoms with Crippen LogP contribution in [0, 0.1) is 10.8 Å². The van der Waals surface area contributed by atoms with E-state index in [1.807, 2.05) is 20.8 Å². The Hall–Kier alpha value is -1.72. The predicted octanol–water partition coefficient (Wildman–Crippen LogP) is 0.336. The zero-order chi connectivity index (χ0) is 20.9. The van der Waals surface area contributed by atoms with Gasteiger partial charge in [-0.3, -0.25) is 0 Å². The number of amides is 2. The van der Waals surface area contributed by atoms with Gasteiger partial charge >= 0.3 is 6.03 Å². The lowest BCUT2D eigenvalue weighted by atomic mass is 9.60. The molecule has 0 aromatic carbocycles. The fraction of sp³-hybridized carbons (Fsp3) is 0.842. The molecule has 0 atom stereocenters. The molecule has 2 amide bonds. The SMILES string of the molecule is CN(C)S(=O)(=O)N1CC2(CN(C(=O)N3CC4(CC(n5cnc(C6CC6)n5)C4)C3)C2)C1. The molecule has 6 rings (SSSR count). The summed E-state index contributed by atoms with van der Waals surface area (Å²) in [5.41, 5.74) is 0.233. The van der Waals surface area contributed by atoms with Crippen LogP contribution in [0.25, 0.3) is 0 Å². The second-order valence-corrected chi connectivity index (χ2v) is 12.6. The van der Waals surface area contributed by atoms with Crippen molar-refractivity contribution in [1.82, 2.24) is 33.2 Å². The highest BCUT2D eigenvalue weighted by Gasteiger charge is 2.60. The van der Waals surface area contributed by atoms with Gasteiger partial charge in [-0.2, -0.15) is 22.1 Å². The fourth-order valence-electron chi connectivity index (χ4n) is 5.67. The van der Waals surface area contributed by atoms with Gasteiger partial charge < -0.3 is 9.80 Å². The van der Waals surface area contributed by atoms with Crippen LogP contribution in [0.2, 0.25) is 0 Å². The minimum atomic E-state index is -3.33. The topological polar surface area (TPSA) is 94.9 Å². The Balaban J connectivity index is 0.961. The van der Waals surface area contributed by atoms with Crippen molar-refractivity contribution in [3.8, 4) is 0 Å². The van der Waals surface area contributed by atoms with Gasteiger partial charge in [-0.15, -0.1) is 0 Å². The first-order chi connectivity index (χ1) is 14.2. The van der Waals surface area contributed by atoms with Crippen LogP contribution in [-0.4, -0.2) is 101 Å². The molecule has 5 fully saturated rings. The Morgan fingerprint density at radius 2 is 1.63 bits per heavy atom. The lowest BCUT2D eigenvalue weighted by molar-refractivity contribution is -0.101. The predicted molar refractivity (Wildman–Crippen MR) is 108 cm³/mol. The highest BCUT2D eigenvalue weighted by Crippen LogP contribution is 2.54. The van der Waals surface area contributed by atoms with E-state index < -0.39 is 10.2 Å². The molecule has 164 valence electrons. The maximum Gasteiger partial charge on any atom is 0.320 e. The van der Waals surface area contributed by atoms with Crippen LogP contribution in [0.3, 0.4) is 0 Å². The van der Waals surface area contributed by atoms with Gasteiger partial charge in [0.1, 0.15) is 6.33 Å². The number of hydrogen-bond acceptors (Lipinski definition) is 5. The van der Waals surface area contributed by atoms with Gasteiger partial charge in [-0.05, 0) is 25.7 Å². The molecule has 0 bridgehead atoms. The number of hydrogen-bond donors (Lipinski definition) is 0. The summed E-state index contributed by atoms with van der Waals surface area (Å²) in [7, 11) is -0.229. The molecule has 5 aliphatic rings. The van der Waals surface area contributed by atoms with E-state index in [0.717, 1.165) is 31.8 Å². The van der Waals surface area contributed by atoms with Crippen molar-refractivity contribution in [1.29, 1.82) is 0 Å². The molecule has 0 radical (unpaired) electrons. The number of nitrogens with zero attached hydrogens (tertiary/aromatic N) is 7. The Morgan fingerprint density at radius 3 is 2.20 bits per heavy atom. The van der Waals surface area contributed by atoms with Gasteiger partial charge in [-0.1, -0.05) is 0 Å². The highest BCUT2D eigenvalue weighted by atomic mass is 32.2. The quantitative estimate of drug-likeness (QED) is 0.680. The summed E-state index contributed by atoms with van der Waals surface area (Å²) in [6.45, 7) is 4.03. The summed E-state index contributed by atoms with van der Waals surface area (Å²) in [6.07, 6.45) is 6.47. The van der Waals surface area contributed by atoms with E-state index in [0.29, 0.717) is 38.1 Å². The number of likely N-dealkylation sites (tertiary alicyclic amines) is 2. The number of rotatable bonds is 4. The van der Waals surface area contributed by atoms with Crippen molar-refractivity contribution in [2.24, 2.45) is 10.8 Å². The van der Waals surface area contributed by atoms with Crippen molar-refractivity contribution in [3.63, 3.8) is 0 Å². The summed E-state index contributed by atoms with van der Waals surface area (Å²) < 4.78 is 29.1.